The molecule has 0 aliphatic carbocycles. The van der Waals surface area contributed by atoms with E-state index in [0.29, 0.717) is 11.4 Å². The van der Waals surface area contributed by atoms with Crippen LogP contribution in [0.5, 0.6) is 5.75 Å². The monoisotopic (exact) mass is 277 g/mol. The molecule has 1 heterocycles. The first-order chi connectivity index (χ1) is 9.65. The number of ether oxygens (including phenoxy) is 1. The van der Waals surface area contributed by atoms with Crippen LogP contribution in [-0.4, -0.2) is 31.5 Å². The number of amides is 2. The molecule has 1 aliphatic heterocycles. The normalized spacial score (nSPS) is 18.3. The summed E-state index contributed by atoms with van der Waals surface area (Å²) in [6.07, 6.45) is 1.94. The largest absolute Gasteiger partial charge is 0.484 e. The van der Waals surface area contributed by atoms with Gasteiger partial charge in [0.05, 0.1) is 5.92 Å². The van der Waals surface area contributed by atoms with Gasteiger partial charge in [-0.1, -0.05) is 0 Å². The van der Waals surface area contributed by atoms with Crippen LogP contribution in [0, 0.1) is 5.92 Å². The molecule has 0 bridgehead atoms. The van der Waals surface area contributed by atoms with E-state index in [1.807, 2.05) is 0 Å². The molecule has 0 spiro atoms. The van der Waals surface area contributed by atoms with Crippen molar-refractivity contribution in [1.82, 2.24) is 5.32 Å². The fourth-order valence-corrected chi connectivity index (χ4v) is 2.11. The highest BCUT2D eigenvalue weighted by Gasteiger charge is 2.20. The Morgan fingerprint density at radius 1 is 1.35 bits per heavy atom. The van der Waals surface area contributed by atoms with Gasteiger partial charge in [-0.05, 0) is 43.7 Å². The summed E-state index contributed by atoms with van der Waals surface area (Å²) >= 11 is 0. The first kappa shape index (κ1) is 14.3. The Morgan fingerprint density at radius 2 is 2.10 bits per heavy atom. The summed E-state index contributed by atoms with van der Waals surface area (Å²) in [6, 6.07) is 6.87. The number of carbonyl (C=O) groups is 2. The van der Waals surface area contributed by atoms with Gasteiger partial charge in [-0.2, -0.15) is 0 Å². The van der Waals surface area contributed by atoms with Crippen LogP contribution in [0.3, 0.4) is 0 Å². The van der Waals surface area contributed by atoms with Gasteiger partial charge in [0.1, 0.15) is 5.75 Å². The Hall–Kier alpha value is -2.08. The van der Waals surface area contributed by atoms with Crippen LogP contribution in [0.2, 0.25) is 0 Å². The van der Waals surface area contributed by atoms with Crippen molar-refractivity contribution < 1.29 is 14.3 Å². The van der Waals surface area contributed by atoms with E-state index in [1.54, 1.807) is 24.3 Å². The Labute approximate surface area is 117 Å². The summed E-state index contributed by atoms with van der Waals surface area (Å²) in [7, 11) is 0. The Balaban J connectivity index is 1.86. The molecular formula is C14H19N3O3. The van der Waals surface area contributed by atoms with Gasteiger partial charge >= 0.3 is 0 Å². The lowest BCUT2D eigenvalue weighted by Gasteiger charge is -2.21. The highest BCUT2D eigenvalue weighted by molar-refractivity contribution is 5.92. The second-order valence-corrected chi connectivity index (χ2v) is 4.81. The molecule has 20 heavy (non-hydrogen) atoms. The van der Waals surface area contributed by atoms with E-state index >= 15 is 0 Å². The first-order valence-corrected chi connectivity index (χ1v) is 6.68. The second-order valence-electron chi connectivity index (χ2n) is 4.81. The van der Waals surface area contributed by atoms with E-state index in [0.717, 1.165) is 25.9 Å². The van der Waals surface area contributed by atoms with E-state index in [4.69, 9.17) is 10.5 Å². The third-order valence-corrected chi connectivity index (χ3v) is 3.17. The van der Waals surface area contributed by atoms with E-state index in [1.165, 1.54) is 0 Å². The predicted molar refractivity (Wildman–Crippen MR) is 75.4 cm³/mol. The number of rotatable bonds is 5. The van der Waals surface area contributed by atoms with Gasteiger partial charge < -0.3 is 21.1 Å². The van der Waals surface area contributed by atoms with Crippen LogP contribution >= 0.6 is 0 Å². The third kappa shape index (κ3) is 4.24. The van der Waals surface area contributed by atoms with Gasteiger partial charge in [0.2, 0.25) is 5.91 Å². The van der Waals surface area contributed by atoms with Gasteiger partial charge in [-0.25, -0.2) is 0 Å². The van der Waals surface area contributed by atoms with Crippen LogP contribution in [-0.2, 0) is 9.59 Å². The number of anilines is 1. The van der Waals surface area contributed by atoms with Gasteiger partial charge in [-0.3, -0.25) is 9.59 Å². The molecule has 6 nitrogen and oxygen atoms in total. The number of hydrogen-bond donors (Lipinski definition) is 3. The minimum absolute atomic E-state index is 0.0227. The van der Waals surface area contributed by atoms with Gasteiger partial charge in [0, 0.05) is 12.2 Å². The van der Waals surface area contributed by atoms with Crippen molar-refractivity contribution in [2.45, 2.75) is 12.8 Å². The van der Waals surface area contributed by atoms with E-state index in [2.05, 4.69) is 10.6 Å². The first-order valence-electron chi connectivity index (χ1n) is 6.68. The fourth-order valence-electron chi connectivity index (χ4n) is 2.11. The fraction of sp³-hybridized carbons (Fsp3) is 0.429. The maximum atomic E-state index is 12.0. The molecule has 2 rings (SSSR count). The maximum absolute atomic E-state index is 12.0. The standard InChI is InChI=1S/C14H19N3O3/c15-13(18)9-20-12-5-3-11(4-6-12)17-14(19)10-2-1-7-16-8-10/h3-6,10,16H,1-2,7-9H2,(H2,15,18)(H,17,19)/t10-/m0/s1. The zero-order chi connectivity index (χ0) is 14.4. The number of carbonyl (C=O) groups excluding carboxylic acids is 2. The summed E-state index contributed by atoms with van der Waals surface area (Å²) in [4.78, 5) is 22.6. The maximum Gasteiger partial charge on any atom is 0.255 e. The average molecular weight is 277 g/mol. The number of hydrogen-bond acceptors (Lipinski definition) is 4. The minimum Gasteiger partial charge on any atom is -0.484 e. The van der Waals surface area contributed by atoms with Crippen LogP contribution in [0.4, 0.5) is 5.69 Å². The van der Waals surface area contributed by atoms with Crippen LogP contribution in [0.25, 0.3) is 0 Å². The molecule has 0 unspecified atom stereocenters. The lowest BCUT2D eigenvalue weighted by Crippen LogP contribution is -2.37. The molecular weight excluding hydrogens is 258 g/mol. The number of primary amides is 1. The average Bonchev–Trinajstić information content (AvgIpc) is 2.47. The van der Waals surface area contributed by atoms with Crippen LogP contribution < -0.4 is 21.1 Å². The molecule has 108 valence electrons. The van der Waals surface area contributed by atoms with Crippen molar-refractivity contribution in [3.05, 3.63) is 24.3 Å². The summed E-state index contributed by atoms with van der Waals surface area (Å²) in [5.74, 6) is 0.0749. The number of piperidine rings is 1. The van der Waals surface area contributed by atoms with Gasteiger partial charge in [0.15, 0.2) is 6.61 Å². The van der Waals surface area contributed by atoms with Crippen molar-refractivity contribution in [3.63, 3.8) is 0 Å². The molecule has 0 radical (unpaired) electrons. The smallest absolute Gasteiger partial charge is 0.255 e. The Bertz CT molecular complexity index is 467. The molecule has 0 saturated carbocycles. The Morgan fingerprint density at radius 3 is 2.70 bits per heavy atom. The summed E-state index contributed by atoms with van der Waals surface area (Å²) < 4.78 is 5.15. The Kier molecular flexibility index (Phi) is 4.95. The summed E-state index contributed by atoms with van der Waals surface area (Å²) in [5.41, 5.74) is 5.71. The minimum atomic E-state index is -0.521. The van der Waals surface area contributed by atoms with Crippen molar-refractivity contribution >= 4 is 17.5 Å². The molecule has 1 aromatic rings. The second kappa shape index (κ2) is 6.91. The van der Waals surface area contributed by atoms with Crippen molar-refractivity contribution in [2.24, 2.45) is 11.7 Å². The van der Waals surface area contributed by atoms with Crippen molar-refractivity contribution in [2.75, 3.05) is 25.0 Å². The van der Waals surface area contributed by atoms with Gasteiger partial charge in [0.25, 0.3) is 5.91 Å². The molecule has 1 aliphatic rings. The predicted octanol–water partition coefficient (Wildman–Crippen LogP) is 0.489. The summed E-state index contributed by atoms with van der Waals surface area (Å²) in [5, 5.41) is 6.09. The zero-order valence-electron chi connectivity index (χ0n) is 11.2. The molecule has 1 saturated heterocycles. The quantitative estimate of drug-likeness (QED) is 0.730. The number of benzene rings is 1. The van der Waals surface area contributed by atoms with E-state index in [-0.39, 0.29) is 18.4 Å². The molecule has 1 fully saturated rings. The SMILES string of the molecule is NC(=O)COc1ccc(NC(=O)[C@H]2CCCNC2)cc1. The van der Waals surface area contributed by atoms with E-state index < -0.39 is 5.91 Å². The van der Waals surface area contributed by atoms with Crippen LogP contribution in [0.15, 0.2) is 24.3 Å². The topological polar surface area (TPSA) is 93.5 Å². The number of nitrogens with two attached hydrogens (primary N) is 1. The van der Waals surface area contributed by atoms with Crippen molar-refractivity contribution in [1.29, 1.82) is 0 Å². The highest BCUT2D eigenvalue weighted by Crippen LogP contribution is 2.18. The number of nitrogens with one attached hydrogen (secondary N) is 2. The molecule has 0 aromatic heterocycles. The lowest BCUT2D eigenvalue weighted by molar-refractivity contribution is -0.120. The molecule has 1 aromatic carbocycles. The molecule has 2 amide bonds. The van der Waals surface area contributed by atoms with Gasteiger partial charge in [-0.15, -0.1) is 0 Å². The molecule has 1 atom stereocenters. The zero-order valence-corrected chi connectivity index (χ0v) is 11.2. The summed E-state index contributed by atoms with van der Waals surface area (Å²) in [6.45, 7) is 1.56. The van der Waals surface area contributed by atoms with E-state index in [9.17, 15) is 9.59 Å². The highest BCUT2D eigenvalue weighted by atomic mass is 16.5. The molecule has 4 N–H and O–H groups in total. The molecule has 6 heteroatoms. The van der Waals surface area contributed by atoms with Crippen LogP contribution in [0.1, 0.15) is 12.8 Å². The lowest BCUT2D eigenvalue weighted by atomic mass is 9.99. The third-order valence-electron chi connectivity index (χ3n) is 3.17. The van der Waals surface area contributed by atoms with Crippen molar-refractivity contribution in [3.8, 4) is 5.75 Å².